The molecule has 0 heterocycles. The van der Waals surface area contributed by atoms with Crippen molar-refractivity contribution >= 4 is 41.4 Å². The molecular formula is C20H39N7O6S. The van der Waals surface area contributed by atoms with Crippen LogP contribution >= 0.6 is 11.8 Å². The van der Waals surface area contributed by atoms with Gasteiger partial charge in [-0.3, -0.25) is 19.4 Å². The van der Waals surface area contributed by atoms with Gasteiger partial charge in [-0.15, -0.1) is 0 Å². The largest absolute Gasteiger partial charge is 0.480 e. The normalized spacial score (nSPS) is 14.4. The number of aliphatic hydroxyl groups excluding tert-OH is 1. The van der Waals surface area contributed by atoms with E-state index in [4.69, 9.17) is 22.3 Å². The average Bonchev–Trinajstić information content (AvgIpc) is 2.76. The highest BCUT2D eigenvalue weighted by atomic mass is 32.2. The van der Waals surface area contributed by atoms with Crippen LogP contribution in [0.5, 0.6) is 0 Å². The van der Waals surface area contributed by atoms with E-state index < -0.39 is 54.5 Å². The van der Waals surface area contributed by atoms with E-state index in [-0.39, 0.29) is 37.7 Å². The van der Waals surface area contributed by atoms with Crippen molar-refractivity contribution in [1.29, 1.82) is 0 Å². The Hall–Kier alpha value is -2.58. The number of carbonyl (C=O) groups excluding carboxylic acids is 3. The molecule has 0 saturated carbocycles. The molecule has 0 bridgehead atoms. The van der Waals surface area contributed by atoms with E-state index in [1.54, 1.807) is 0 Å². The Kier molecular flexibility index (Phi) is 15.7. The fraction of sp³-hybridized carbons (Fsp3) is 0.750. The lowest BCUT2D eigenvalue weighted by Gasteiger charge is -2.25. The van der Waals surface area contributed by atoms with Crippen LogP contribution in [-0.2, 0) is 19.2 Å². The molecule has 34 heavy (non-hydrogen) atoms. The molecule has 14 heteroatoms. The summed E-state index contributed by atoms with van der Waals surface area (Å²) < 4.78 is 0. The summed E-state index contributed by atoms with van der Waals surface area (Å²) in [7, 11) is 0. The molecule has 11 N–H and O–H groups in total. The molecule has 0 aromatic heterocycles. The van der Waals surface area contributed by atoms with E-state index in [2.05, 4.69) is 20.9 Å². The minimum atomic E-state index is -1.20. The highest BCUT2D eigenvalue weighted by Gasteiger charge is 2.30. The second-order valence-electron chi connectivity index (χ2n) is 8.17. The molecule has 3 amide bonds. The van der Waals surface area contributed by atoms with Gasteiger partial charge in [0.1, 0.15) is 24.2 Å². The molecule has 0 aromatic carbocycles. The number of nitrogens with one attached hydrogen (secondary N) is 3. The second kappa shape index (κ2) is 16.9. The minimum absolute atomic E-state index is 0.0122. The van der Waals surface area contributed by atoms with E-state index >= 15 is 0 Å². The Morgan fingerprint density at radius 1 is 0.941 bits per heavy atom. The molecule has 0 aromatic rings. The first-order valence-corrected chi connectivity index (χ1v) is 12.4. The van der Waals surface area contributed by atoms with E-state index in [0.29, 0.717) is 12.2 Å². The van der Waals surface area contributed by atoms with Gasteiger partial charge >= 0.3 is 5.97 Å². The predicted molar refractivity (Wildman–Crippen MR) is 131 cm³/mol. The maximum atomic E-state index is 12.9. The number of hydrogen-bond donors (Lipinski definition) is 8. The van der Waals surface area contributed by atoms with Gasteiger partial charge in [0, 0.05) is 6.54 Å². The molecule has 0 radical (unpaired) electrons. The number of rotatable bonds is 17. The predicted octanol–water partition coefficient (Wildman–Crippen LogP) is -2.30. The topological polar surface area (TPSA) is 235 Å². The van der Waals surface area contributed by atoms with Crippen LogP contribution in [0, 0.1) is 5.92 Å². The van der Waals surface area contributed by atoms with E-state index in [9.17, 15) is 24.3 Å². The van der Waals surface area contributed by atoms with Gasteiger partial charge in [0.15, 0.2) is 5.96 Å². The number of nitrogens with zero attached hydrogens (tertiary/aromatic N) is 1. The summed E-state index contributed by atoms with van der Waals surface area (Å²) in [6.07, 6.45) is 2.75. The van der Waals surface area contributed by atoms with Gasteiger partial charge in [0.25, 0.3) is 0 Å². The zero-order chi connectivity index (χ0) is 26.3. The van der Waals surface area contributed by atoms with Crippen molar-refractivity contribution in [1.82, 2.24) is 16.0 Å². The number of carbonyl (C=O) groups is 4. The van der Waals surface area contributed by atoms with Crippen molar-refractivity contribution in [3.8, 4) is 0 Å². The number of amides is 3. The van der Waals surface area contributed by atoms with Crippen LogP contribution in [0.25, 0.3) is 0 Å². The molecule has 4 atom stereocenters. The smallest absolute Gasteiger partial charge is 0.326 e. The number of guanidine groups is 1. The fourth-order valence-electron chi connectivity index (χ4n) is 2.88. The average molecular weight is 506 g/mol. The third-order valence-corrected chi connectivity index (χ3v) is 5.32. The third-order valence-electron chi connectivity index (χ3n) is 4.68. The van der Waals surface area contributed by atoms with Gasteiger partial charge in [-0.25, -0.2) is 4.79 Å². The lowest BCUT2D eigenvalue weighted by molar-refractivity contribution is -0.142. The fourth-order valence-corrected chi connectivity index (χ4v) is 3.35. The number of aliphatic carboxylic acids is 1. The molecular weight excluding hydrogens is 466 g/mol. The molecule has 0 aliphatic heterocycles. The molecule has 13 nitrogen and oxygen atoms in total. The lowest BCUT2D eigenvalue weighted by Crippen LogP contribution is -2.57. The monoisotopic (exact) mass is 505 g/mol. The van der Waals surface area contributed by atoms with Gasteiger partial charge in [-0.05, 0) is 43.6 Å². The summed E-state index contributed by atoms with van der Waals surface area (Å²) in [6.45, 7) is 3.26. The van der Waals surface area contributed by atoms with Crippen molar-refractivity contribution < 1.29 is 29.4 Å². The summed E-state index contributed by atoms with van der Waals surface area (Å²) in [5, 5.41) is 26.1. The zero-order valence-electron chi connectivity index (χ0n) is 20.0. The Bertz CT molecular complexity index is 703. The number of aliphatic hydroxyl groups is 1. The van der Waals surface area contributed by atoms with Gasteiger partial charge < -0.3 is 43.4 Å². The molecule has 0 rings (SSSR count). The number of thioether (sulfide) groups is 1. The minimum Gasteiger partial charge on any atom is -0.480 e. The van der Waals surface area contributed by atoms with Crippen LogP contribution in [0.3, 0.4) is 0 Å². The Morgan fingerprint density at radius 2 is 1.47 bits per heavy atom. The van der Waals surface area contributed by atoms with E-state index in [1.165, 1.54) is 11.8 Å². The number of nitrogens with two attached hydrogens (primary N) is 3. The molecule has 0 spiro atoms. The number of carboxylic acid groups (broad SMARTS) is 1. The number of carboxylic acids is 1. The van der Waals surface area contributed by atoms with E-state index in [1.807, 2.05) is 20.1 Å². The van der Waals surface area contributed by atoms with Crippen LogP contribution in [0.15, 0.2) is 4.99 Å². The second-order valence-corrected chi connectivity index (χ2v) is 9.16. The third kappa shape index (κ3) is 13.2. The van der Waals surface area contributed by atoms with Gasteiger partial charge in [0.2, 0.25) is 17.7 Å². The summed E-state index contributed by atoms with van der Waals surface area (Å²) >= 11 is 1.46. The Morgan fingerprint density at radius 3 is 1.94 bits per heavy atom. The molecule has 0 fully saturated rings. The van der Waals surface area contributed by atoms with Crippen molar-refractivity contribution in [2.75, 3.05) is 25.2 Å². The first-order chi connectivity index (χ1) is 15.9. The first-order valence-electron chi connectivity index (χ1n) is 11.0. The number of hydrogen-bond acceptors (Lipinski definition) is 8. The van der Waals surface area contributed by atoms with Crippen LogP contribution in [0.1, 0.15) is 39.5 Å². The summed E-state index contributed by atoms with van der Waals surface area (Å²) in [5.74, 6) is -2.77. The van der Waals surface area contributed by atoms with Crippen LogP contribution < -0.4 is 33.2 Å². The Balaban J connectivity index is 5.54. The van der Waals surface area contributed by atoms with Gasteiger partial charge in [-0.1, -0.05) is 13.8 Å². The van der Waals surface area contributed by atoms with E-state index in [0.717, 1.165) is 0 Å². The van der Waals surface area contributed by atoms with Crippen molar-refractivity contribution in [3.05, 3.63) is 0 Å². The SMILES string of the molecule is CSCCC(NC(=O)C(N)CO)C(=O)NC(CCCN=C(N)N)C(=O)NC(CC(C)C)C(=O)O. The molecule has 0 aliphatic carbocycles. The summed E-state index contributed by atoms with van der Waals surface area (Å²) in [5.41, 5.74) is 16.1. The van der Waals surface area contributed by atoms with Crippen LogP contribution in [-0.4, -0.2) is 89.2 Å². The Labute approximate surface area is 204 Å². The molecule has 0 aliphatic rings. The quantitative estimate of drug-likeness (QED) is 0.0597. The summed E-state index contributed by atoms with van der Waals surface area (Å²) in [4.78, 5) is 53.4. The molecule has 196 valence electrons. The van der Waals surface area contributed by atoms with Gasteiger partial charge in [0.05, 0.1) is 6.61 Å². The maximum Gasteiger partial charge on any atom is 0.326 e. The number of aliphatic imine (C=N–C) groups is 1. The highest BCUT2D eigenvalue weighted by Crippen LogP contribution is 2.08. The van der Waals surface area contributed by atoms with Crippen LogP contribution in [0.2, 0.25) is 0 Å². The highest BCUT2D eigenvalue weighted by molar-refractivity contribution is 7.98. The zero-order valence-corrected chi connectivity index (χ0v) is 20.8. The lowest BCUT2D eigenvalue weighted by atomic mass is 10.0. The summed E-state index contributed by atoms with van der Waals surface area (Å²) in [6, 6.07) is -4.41. The van der Waals surface area contributed by atoms with Crippen LogP contribution in [0.4, 0.5) is 0 Å². The maximum absolute atomic E-state index is 12.9. The van der Waals surface area contributed by atoms with Crippen molar-refractivity contribution in [2.24, 2.45) is 28.1 Å². The van der Waals surface area contributed by atoms with Gasteiger partial charge in [-0.2, -0.15) is 11.8 Å². The molecule has 0 saturated heterocycles. The van der Waals surface area contributed by atoms with Crippen molar-refractivity contribution in [3.63, 3.8) is 0 Å². The molecule has 4 unspecified atom stereocenters. The standard InChI is InChI=1S/C20H39N7O6S/c1-11(2)9-15(19(32)33)27-17(30)13(5-4-7-24-20(22)23)26-18(31)14(6-8-34-3)25-16(29)12(21)10-28/h11-15,28H,4-10,21H2,1-3H3,(H,25,29)(H,26,31)(H,27,30)(H,32,33)(H4,22,23,24). The first kappa shape index (κ1) is 31.4. The van der Waals surface area contributed by atoms with Crippen molar-refractivity contribution in [2.45, 2.75) is 63.7 Å².